The lowest BCUT2D eigenvalue weighted by atomic mass is 10.0. The highest BCUT2D eigenvalue weighted by Gasteiger charge is 2.23. The third kappa shape index (κ3) is 3.57. The molecule has 142 valence electrons. The number of nitrogens with zero attached hydrogens (tertiary/aromatic N) is 3. The first kappa shape index (κ1) is 17.2. The second kappa shape index (κ2) is 7.23. The molecule has 0 unspecified atom stereocenters. The van der Waals surface area contributed by atoms with Crippen LogP contribution in [0.15, 0.2) is 48.7 Å². The molecular weight excluding hydrogens is 348 g/mol. The van der Waals surface area contributed by atoms with Crippen molar-refractivity contribution in [2.45, 2.75) is 38.1 Å². The van der Waals surface area contributed by atoms with Gasteiger partial charge in [0.15, 0.2) is 0 Å². The molecule has 1 aliphatic heterocycles. The first-order chi connectivity index (χ1) is 13.8. The second-order valence-corrected chi connectivity index (χ2v) is 7.80. The van der Waals surface area contributed by atoms with Gasteiger partial charge in [-0.25, -0.2) is 4.98 Å². The van der Waals surface area contributed by atoms with Gasteiger partial charge in [0.25, 0.3) is 5.91 Å². The summed E-state index contributed by atoms with van der Waals surface area (Å²) in [5.41, 5.74) is 4.70. The Morgan fingerprint density at radius 1 is 0.929 bits per heavy atom. The lowest BCUT2D eigenvalue weighted by Crippen LogP contribution is -2.30. The van der Waals surface area contributed by atoms with E-state index < -0.39 is 0 Å². The zero-order valence-electron chi connectivity index (χ0n) is 15.9. The summed E-state index contributed by atoms with van der Waals surface area (Å²) in [6.07, 6.45) is 7.83. The number of hydrogen-bond donors (Lipinski definition) is 1. The van der Waals surface area contributed by atoms with Crippen molar-refractivity contribution in [1.82, 2.24) is 15.3 Å². The van der Waals surface area contributed by atoms with Crippen molar-refractivity contribution < 1.29 is 4.79 Å². The molecule has 1 N–H and O–H groups in total. The predicted octanol–water partition coefficient (Wildman–Crippen LogP) is 4.18. The zero-order chi connectivity index (χ0) is 18.9. The topological polar surface area (TPSA) is 58.1 Å². The Morgan fingerprint density at radius 2 is 1.68 bits per heavy atom. The van der Waals surface area contributed by atoms with Crippen molar-refractivity contribution in [2.75, 3.05) is 18.0 Å². The maximum atomic E-state index is 12.2. The third-order valence-corrected chi connectivity index (χ3v) is 5.60. The number of carbonyl (C=O) groups is 1. The van der Waals surface area contributed by atoms with E-state index in [2.05, 4.69) is 27.3 Å². The second-order valence-electron chi connectivity index (χ2n) is 7.80. The molecule has 0 spiro atoms. The normalized spacial score (nSPS) is 16.9. The van der Waals surface area contributed by atoms with Crippen LogP contribution in [0.4, 0.5) is 5.82 Å². The molecule has 2 fully saturated rings. The molecule has 2 aliphatic rings. The average molecular weight is 372 g/mol. The van der Waals surface area contributed by atoms with E-state index in [9.17, 15) is 4.79 Å². The molecule has 0 bridgehead atoms. The predicted molar refractivity (Wildman–Crippen MR) is 112 cm³/mol. The molecule has 5 heteroatoms. The van der Waals surface area contributed by atoms with Crippen molar-refractivity contribution in [1.29, 1.82) is 0 Å². The van der Waals surface area contributed by atoms with Gasteiger partial charge in [0.2, 0.25) is 0 Å². The Hall–Kier alpha value is -2.95. The number of hydrogen-bond acceptors (Lipinski definition) is 4. The molecule has 1 aliphatic carbocycles. The Labute approximate surface area is 164 Å². The van der Waals surface area contributed by atoms with Gasteiger partial charge in [-0.3, -0.25) is 9.78 Å². The van der Waals surface area contributed by atoms with E-state index in [4.69, 9.17) is 4.98 Å². The monoisotopic (exact) mass is 372 g/mol. The van der Waals surface area contributed by atoms with Crippen LogP contribution in [0.5, 0.6) is 0 Å². The van der Waals surface area contributed by atoms with Gasteiger partial charge >= 0.3 is 0 Å². The van der Waals surface area contributed by atoms with Gasteiger partial charge < -0.3 is 10.2 Å². The number of nitrogens with one attached hydrogen (secondary N) is 1. The van der Waals surface area contributed by atoms with E-state index in [-0.39, 0.29) is 5.91 Å². The minimum absolute atomic E-state index is 0.0181. The van der Waals surface area contributed by atoms with E-state index >= 15 is 0 Å². The maximum Gasteiger partial charge on any atom is 0.251 e. The van der Waals surface area contributed by atoms with Crippen molar-refractivity contribution >= 4 is 22.8 Å². The summed E-state index contributed by atoms with van der Waals surface area (Å²) >= 11 is 0. The molecule has 2 aromatic carbocycles. The lowest BCUT2D eigenvalue weighted by Gasteiger charge is -2.27. The zero-order valence-corrected chi connectivity index (χ0v) is 15.9. The van der Waals surface area contributed by atoms with Crippen molar-refractivity contribution in [3.8, 4) is 11.1 Å². The summed E-state index contributed by atoms with van der Waals surface area (Å²) in [5.74, 6) is 0.987. The first-order valence-electron chi connectivity index (χ1n) is 10.2. The van der Waals surface area contributed by atoms with Gasteiger partial charge in [-0.1, -0.05) is 18.2 Å². The molecule has 0 atom stereocenters. The minimum Gasteiger partial charge on any atom is -0.355 e. The van der Waals surface area contributed by atoms with Crippen molar-refractivity contribution in [3.05, 3.63) is 54.2 Å². The van der Waals surface area contributed by atoms with Gasteiger partial charge in [0.1, 0.15) is 5.82 Å². The molecule has 2 heterocycles. The van der Waals surface area contributed by atoms with Gasteiger partial charge in [-0.2, -0.15) is 0 Å². The quantitative estimate of drug-likeness (QED) is 0.746. The molecule has 5 nitrogen and oxygen atoms in total. The van der Waals surface area contributed by atoms with Gasteiger partial charge in [-0.05, 0) is 67.5 Å². The highest BCUT2D eigenvalue weighted by Crippen LogP contribution is 2.26. The smallest absolute Gasteiger partial charge is 0.251 e. The van der Waals surface area contributed by atoms with Crippen LogP contribution in [-0.4, -0.2) is 35.0 Å². The minimum atomic E-state index is 0.0181. The number of carbonyl (C=O) groups excluding carboxylic acids is 1. The fraction of sp³-hybridized carbons (Fsp3) is 0.348. The summed E-state index contributed by atoms with van der Waals surface area (Å²) in [6, 6.07) is 14.4. The maximum absolute atomic E-state index is 12.2. The first-order valence-corrected chi connectivity index (χ1v) is 10.2. The van der Waals surface area contributed by atoms with Crippen molar-refractivity contribution in [2.24, 2.45) is 0 Å². The Bertz CT molecular complexity index is 1000. The number of aromatic nitrogens is 2. The number of benzene rings is 2. The third-order valence-electron chi connectivity index (χ3n) is 5.60. The van der Waals surface area contributed by atoms with E-state index in [1.54, 1.807) is 0 Å². The van der Waals surface area contributed by atoms with Crippen LogP contribution in [0.3, 0.4) is 0 Å². The van der Waals surface area contributed by atoms with Crippen LogP contribution in [0, 0.1) is 0 Å². The Balaban J connectivity index is 1.40. The van der Waals surface area contributed by atoms with Crippen LogP contribution < -0.4 is 10.2 Å². The molecule has 5 rings (SSSR count). The number of rotatable bonds is 4. The molecule has 1 amide bonds. The fourth-order valence-electron chi connectivity index (χ4n) is 3.77. The highest BCUT2D eigenvalue weighted by atomic mass is 16.1. The molecule has 0 radical (unpaired) electrons. The lowest BCUT2D eigenvalue weighted by molar-refractivity contribution is 0.0951. The molecule has 1 aromatic heterocycles. The summed E-state index contributed by atoms with van der Waals surface area (Å²) < 4.78 is 0. The highest BCUT2D eigenvalue weighted by molar-refractivity contribution is 5.95. The molecular formula is C23H24N4O. The summed E-state index contributed by atoms with van der Waals surface area (Å²) in [7, 11) is 0. The van der Waals surface area contributed by atoms with Crippen LogP contribution in [0.2, 0.25) is 0 Å². The molecule has 3 aromatic rings. The van der Waals surface area contributed by atoms with Gasteiger partial charge in [0.05, 0.1) is 17.2 Å². The SMILES string of the molecule is O=C(NC1CC1)c1ccc(-c2ccc3ncc(N4CCCCC4)nc3c2)cc1. The van der Waals surface area contributed by atoms with Crippen LogP contribution in [0.1, 0.15) is 42.5 Å². The van der Waals surface area contributed by atoms with E-state index in [1.807, 2.05) is 36.5 Å². The van der Waals surface area contributed by atoms with Crippen LogP contribution >= 0.6 is 0 Å². The molecule has 1 saturated heterocycles. The van der Waals surface area contributed by atoms with Gasteiger partial charge in [-0.15, -0.1) is 0 Å². The Kier molecular flexibility index (Phi) is 4.43. The van der Waals surface area contributed by atoms with E-state index in [1.165, 1.54) is 19.3 Å². The molecule has 1 saturated carbocycles. The Morgan fingerprint density at radius 3 is 2.43 bits per heavy atom. The van der Waals surface area contributed by atoms with E-state index in [0.29, 0.717) is 11.6 Å². The summed E-state index contributed by atoms with van der Waals surface area (Å²) in [4.78, 5) is 24.0. The van der Waals surface area contributed by atoms with Crippen LogP contribution in [0.25, 0.3) is 22.2 Å². The standard InChI is InChI=1S/C23H24N4O/c28-23(25-19-9-10-19)17-6-4-16(5-7-17)18-8-11-20-21(14-18)26-22(15-24-20)27-12-2-1-3-13-27/h4-8,11,14-15,19H,1-3,9-10,12-13H2,(H,25,28). The number of anilines is 1. The molecule has 28 heavy (non-hydrogen) atoms. The number of amides is 1. The van der Waals surface area contributed by atoms with Gasteiger partial charge in [0, 0.05) is 24.7 Å². The fourth-order valence-corrected chi connectivity index (χ4v) is 3.77. The van der Waals surface area contributed by atoms with Crippen molar-refractivity contribution in [3.63, 3.8) is 0 Å². The number of fused-ring (bicyclic) bond motifs is 1. The largest absolute Gasteiger partial charge is 0.355 e. The average Bonchev–Trinajstić information content (AvgIpc) is 3.58. The summed E-state index contributed by atoms with van der Waals surface area (Å²) in [6.45, 7) is 2.12. The van der Waals surface area contributed by atoms with E-state index in [0.717, 1.165) is 53.9 Å². The summed E-state index contributed by atoms with van der Waals surface area (Å²) in [5, 5.41) is 3.03. The van der Waals surface area contributed by atoms with Crippen LogP contribution in [-0.2, 0) is 0 Å². The number of piperidine rings is 1.